The lowest BCUT2D eigenvalue weighted by Gasteiger charge is -2.46. The molecule has 6 atom stereocenters. The second-order valence-corrected chi connectivity index (χ2v) is 8.94. The number of hydrogen-bond donors (Lipinski definition) is 4. The number of amides is 2. The van der Waals surface area contributed by atoms with Gasteiger partial charge in [-0.05, 0) is 13.3 Å². The maximum atomic E-state index is 12.4. The SMILES string of the molecule is C[C@@H](O)[C@H]1C(=O)N2C(C(=O)O)=C(S[C@@H]3CN[C@H](COCCOC(N)=O)C3)[C@H](C)[C@H]12. The number of fused-ring (bicyclic) bond motifs is 1. The molecule has 162 valence electrons. The summed E-state index contributed by atoms with van der Waals surface area (Å²) in [5, 5.41) is 23.1. The summed E-state index contributed by atoms with van der Waals surface area (Å²) >= 11 is 1.49. The molecule has 10 nitrogen and oxygen atoms in total. The van der Waals surface area contributed by atoms with Crippen molar-refractivity contribution in [3.63, 3.8) is 0 Å². The molecule has 0 aliphatic carbocycles. The van der Waals surface area contributed by atoms with E-state index in [4.69, 9.17) is 10.5 Å². The molecule has 5 N–H and O–H groups in total. The number of nitrogens with zero attached hydrogens (tertiary/aromatic N) is 1. The molecule has 0 aromatic heterocycles. The van der Waals surface area contributed by atoms with E-state index in [1.54, 1.807) is 6.92 Å². The average molecular weight is 429 g/mol. The number of β-lactam (4-membered cyclic amide) rings is 1. The van der Waals surface area contributed by atoms with Crippen molar-refractivity contribution >= 4 is 29.7 Å². The number of carboxylic acid groups (broad SMARTS) is 1. The number of hydrogen-bond acceptors (Lipinski definition) is 8. The first-order valence-corrected chi connectivity index (χ1v) is 10.5. The van der Waals surface area contributed by atoms with Crippen molar-refractivity contribution in [2.24, 2.45) is 17.6 Å². The third-order valence-electron chi connectivity index (χ3n) is 5.58. The summed E-state index contributed by atoms with van der Waals surface area (Å²) in [6.45, 7) is 4.97. The highest BCUT2D eigenvalue weighted by molar-refractivity contribution is 8.03. The molecular formula is C18H27N3O7S. The number of aliphatic carboxylic acids is 1. The molecule has 0 bridgehead atoms. The number of carbonyl (C=O) groups excluding carboxylic acids is 2. The van der Waals surface area contributed by atoms with Gasteiger partial charge in [0.2, 0.25) is 5.91 Å². The summed E-state index contributed by atoms with van der Waals surface area (Å²) in [5.74, 6) is -2.12. The summed E-state index contributed by atoms with van der Waals surface area (Å²) in [6, 6.07) is -0.189. The summed E-state index contributed by atoms with van der Waals surface area (Å²) in [6.07, 6.45) is -0.861. The molecule has 0 radical (unpaired) electrons. The number of ether oxygens (including phenoxy) is 2. The van der Waals surface area contributed by atoms with E-state index in [0.717, 1.165) is 6.42 Å². The molecule has 3 heterocycles. The van der Waals surface area contributed by atoms with Gasteiger partial charge in [0.15, 0.2) is 0 Å². The molecule has 11 heteroatoms. The smallest absolute Gasteiger partial charge is 0.404 e. The Morgan fingerprint density at radius 1 is 1.41 bits per heavy atom. The van der Waals surface area contributed by atoms with Gasteiger partial charge in [0.25, 0.3) is 0 Å². The predicted octanol–water partition coefficient (Wildman–Crippen LogP) is -0.284. The Kier molecular flexibility index (Phi) is 6.72. The first-order valence-electron chi connectivity index (χ1n) is 9.61. The lowest BCUT2D eigenvalue weighted by atomic mass is 9.79. The van der Waals surface area contributed by atoms with Crippen molar-refractivity contribution in [1.29, 1.82) is 0 Å². The normalized spacial score (nSPS) is 32.2. The van der Waals surface area contributed by atoms with E-state index >= 15 is 0 Å². The Morgan fingerprint density at radius 3 is 2.76 bits per heavy atom. The van der Waals surface area contributed by atoms with Gasteiger partial charge in [-0.2, -0.15) is 0 Å². The topological polar surface area (TPSA) is 151 Å². The fourth-order valence-corrected chi connectivity index (χ4v) is 5.80. The van der Waals surface area contributed by atoms with Crippen molar-refractivity contribution in [3.05, 3.63) is 10.6 Å². The van der Waals surface area contributed by atoms with Crippen molar-refractivity contribution in [1.82, 2.24) is 10.2 Å². The minimum Gasteiger partial charge on any atom is -0.477 e. The third-order valence-corrected chi connectivity index (χ3v) is 7.09. The van der Waals surface area contributed by atoms with Crippen molar-refractivity contribution in [2.75, 3.05) is 26.4 Å². The van der Waals surface area contributed by atoms with E-state index in [2.05, 4.69) is 10.1 Å². The van der Waals surface area contributed by atoms with Crippen LogP contribution in [0.3, 0.4) is 0 Å². The molecule has 3 rings (SSSR count). The number of primary amides is 1. The highest BCUT2D eigenvalue weighted by Gasteiger charge is 2.60. The maximum Gasteiger partial charge on any atom is 0.404 e. The summed E-state index contributed by atoms with van der Waals surface area (Å²) < 4.78 is 10.1. The predicted molar refractivity (Wildman–Crippen MR) is 104 cm³/mol. The van der Waals surface area contributed by atoms with E-state index in [9.17, 15) is 24.6 Å². The second kappa shape index (κ2) is 8.90. The van der Waals surface area contributed by atoms with Crippen molar-refractivity contribution in [3.8, 4) is 0 Å². The average Bonchev–Trinajstić information content (AvgIpc) is 3.16. The Labute approximate surface area is 172 Å². The van der Waals surface area contributed by atoms with Gasteiger partial charge in [0, 0.05) is 28.7 Å². The fraction of sp³-hybridized carbons (Fsp3) is 0.722. The minimum absolute atomic E-state index is 0.0534. The summed E-state index contributed by atoms with van der Waals surface area (Å²) in [5.41, 5.74) is 4.93. The number of aliphatic hydroxyl groups excluding tert-OH is 1. The largest absolute Gasteiger partial charge is 0.477 e. The van der Waals surface area contributed by atoms with Gasteiger partial charge in [-0.25, -0.2) is 9.59 Å². The Balaban J connectivity index is 1.56. The van der Waals surface area contributed by atoms with Crippen LogP contribution in [0, 0.1) is 11.8 Å². The fourth-order valence-electron chi connectivity index (χ4n) is 4.28. The highest BCUT2D eigenvalue weighted by atomic mass is 32.2. The number of nitrogens with two attached hydrogens (primary N) is 1. The molecule has 3 aliphatic heterocycles. The summed E-state index contributed by atoms with van der Waals surface area (Å²) in [4.78, 5) is 36.8. The molecule has 0 saturated carbocycles. The highest BCUT2D eigenvalue weighted by Crippen LogP contribution is 2.51. The van der Waals surface area contributed by atoms with E-state index < -0.39 is 24.1 Å². The lowest BCUT2D eigenvalue weighted by Crippen LogP contribution is -2.63. The molecule has 0 spiro atoms. The van der Waals surface area contributed by atoms with Gasteiger partial charge in [-0.3, -0.25) is 4.79 Å². The Bertz CT molecular complexity index is 714. The van der Waals surface area contributed by atoms with Crippen LogP contribution in [0.5, 0.6) is 0 Å². The van der Waals surface area contributed by atoms with Crippen LogP contribution in [-0.2, 0) is 19.1 Å². The van der Waals surface area contributed by atoms with Gasteiger partial charge in [0.1, 0.15) is 12.3 Å². The number of nitrogens with one attached hydrogen (secondary N) is 1. The van der Waals surface area contributed by atoms with Gasteiger partial charge < -0.3 is 35.6 Å². The molecule has 0 unspecified atom stereocenters. The molecule has 29 heavy (non-hydrogen) atoms. The van der Waals surface area contributed by atoms with E-state index in [1.807, 2.05) is 6.92 Å². The van der Waals surface area contributed by atoms with Crippen LogP contribution in [0.15, 0.2) is 10.6 Å². The van der Waals surface area contributed by atoms with Gasteiger partial charge in [-0.1, -0.05) is 6.92 Å². The first kappa shape index (κ1) is 21.9. The zero-order chi connectivity index (χ0) is 21.3. The second-order valence-electron chi connectivity index (χ2n) is 7.60. The first-order chi connectivity index (χ1) is 13.7. The van der Waals surface area contributed by atoms with Crippen LogP contribution in [0.1, 0.15) is 20.3 Å². The van der Waals surface area contributed by atoms with Crippen LogP contribution in [0.4, 0.5) is 4.79 Å². The number of carboxylic acids is 1. The lowest BCUT2D eigenvalue weighted by molar-refractivity contribution is -0.163. The summed E-state index contributed by atoms with van der Waals surface area (Å²) in [7, 11) is 0. The maximum absolute atomic E-state index is 12.4. The quantitative estimate of drug-likeness (QED) is 0.286. The van der Waals surface area contributed by atoms with Crippen molar-refractivity contribution < 1.29 is 34.1 Å². The zero-order valence-electron chi connectivity index (χ0n) is 16.4. The van der Waals surface area contributed by atoms with Crippen LogP contribution in [0.2, 0.25) is 0 Å². The molecule has 2 fully saturated rings. The molecule has 3 aliphatic rings. The molecule has 2 amide bonds. The van der Waals surface area contributed by atoms with Crippen molar-refractivity contribution in [2.45, 2.75) is 43.7 Å². The molecular weight excluding hydrogens is 402 g/mol. The van der Waals surface area contributed by atoms with Gasteiger partial charge >= 0.3 is 12.1 Å². The molecule has 0 aromatic rings. The number of rotatable bonds is 9. The van der Waals surface area contributed by atoms with Crippen LogP contribution < -0.4 is 11.1 Å². The Hall–Kier alpha value is -1.82. The Morgan fingerprint density at radius 2 is 2.14 bits per heavy atom. The standard InChI is InChI=1S/C18H27N3O7S/c1-8-13-12(9(2)22)16(23)21(13)14(17(24)25)15(8)29-11-5-10(20-6-11)7-27-3-4-28-18(19)26/h8-13,20,22H,3-7H2,1-2H3,(H2,19,26)(H,24,25)/t8-,9-,10+,11+,12-,13-/m1/s1. The monoisotopic (exact) mass is 429 g/mol. The molecule has 0 aromatic carbocycles. The van der Waals surface area contributed by atoms with Gasteiger partial charge in [-0.15, -0.1) is 11.8 Å². The van der Waals surface area contributed by atoms with E-state index in [1.165, 1.54) is 16.7 Å². The minimum atomic E-state index is -1.11. The zero-order valence-corrected chi connectivity index (χ0v) is 17.2. The number of carbonyl (C=O) groups is 3. The van der Waals surface area contributed by atoms with E-state index in [-0.39, 0.29) is 48.1 Å². The molecule has 2 saturated heterocycles. The number of aliphatic hydroxyl groups is 1. The van der Waals surface area contributed by atoms with Crippen LogP contribution in [0.25, 0.3) is 0 Å². The number of thioether (sulfide) groups is 1. The van der Waals surface area contributed by atoms with Gasteiger partial charge in [0.05, 0.1) is 31.3 Å². The third kappa shape index (κ3) is 4.37. The van der Waals surface area contributed by atoms with Crippen LogP contribution in [-0.4, -0.2) is 82.9 Å². The van der Waals surface area contributed by atoms with E-state index in [0.29, 0.717) is 18.1 Å². The van der Waals surface area contributed by atoms with Crippen LogP contribution >= 0.6 is 11.8 Å².